The number of aromatic amines is 1. The molecule has 128 valence electrons. The number of fused-ring (bicyclic) bond motifs is 1. The van der Waals surface area contributed by atoms with Gasteiger partial charge < -0.3 is 19.8 Å². The number of rotatable bonds is 7. The molecule has 2 aromatic rings. The van der Waals surface area contributed by atoms with Crippen LogP contribution in [0.4, 0.5) is 0 Å². The molecule has 1 saturated carbocycles. The summed E-state index contributed by atoms with van der Waals surface area (Å²) in [5.41, 5.74) is 0.299. The number of nitrogens with zero attached hydrogens (tertiary/aromatic N) is 1. The van der Waals surface area contributed by atoms with E-state index in [1.165, 1.54) is 26.0 Å². The highest BCUT2D eigenvalue weighted by molar-refractivity contribution is 7.99. The van der Waals surface area contributed by atoms with Gasteiger partial charge in [0.25, 0.3) is 5.56 Å². The molecular weight excluding hydrogens is 330 g/mol. The Kier molecular flexibility index (Phi) is 4.94. The zero-order valence-electron chi connectivity index (χ0n) is 13.5. The van der Waals surface area contributed by atoms with Crippen LogP contribution in [0.3, 0.4) is 0 Å². The first-order chi connectivity index (χ1) is 11.6. The maximum Gasteiger partial charge on any atom is 0.258 e. The van der Waals surface area contributed by atoms with Crippen molar-refractivity contribution in [2.75, 3.05) is 20.0 Å². The molecule has 0 aliphatic heterocycles. The molecule has 1 aromatic heterocycles. The number of hydrogen-bond donors (Lipinski definition) is 2. The van der Waals surface area contributed by atoms with Gasteiger partial charge in [-0.25, -0.2) is 4.98 Å². The van der Waals surface area contributed by atoms with E-state index in [1.807, 2.05) is 0 Å². The monoisotopic (exact) mass is 349 g/mol. The Labute approximate surface area is 143 Å². The summed E-state index contributed by atoms with van der Waals surface area (Å²) in [6, 6.07) is 3.65. The lowest BCUT2D eigenvalue weighted by atomic mass is 10.2. The van der Waals surface area contributed by atoms with Gasteiger partial charge in [-0.2, -0.15) is 0 Å². The molecule has 2 N–H and O–H groups in total. The van der Waals surface area contributed by atoms with Gasteiger partial charge in [0.15, 0.2) is 11.5 Å². The van der Waals surface area contributed by atoms with E-state index in [2.05, 4.69) is 15.3 Å². The van der Waals surface area contributed by atoms with E-state index in [-0.39, 0.29) is 11.5 Å². The number of benzene rings is 1. The van der Waals surface area contributed by atoms with E-state index in [0.717, 1.165) is 12.8 Å². The first-order valence-corrected chi connectivity index (χ1v) is 8.78. The molecule has 1 amide bonds. The Balaban J connectivity index is 1.74. The number of methoxy groups -OCH3 is 2. The minimum atomic E-state index is -0.237. The number of thioether (sulfide) groups is 1. The number of carbonyl (C=O) groups is 1. The van der Waals surface area contributed by atoms with Gasteiger partial charge in [-0.1, -0.05) is 0 Å². The van der Waals surface area contributed by atoms with Gasteiger partial charge in [0.2, 0.25) is 5.91 Å². The van der Waals surface area contributed by atoms with E-state index < -0.39 is 0 Å². The maximum atomic E-state index is 12.2. The molecule has 0 spiro atoms. The van der Waals surface area contributed by atoms with E-state index in [4.69, 9.17) is 9.47 Å². The molecule has 8 heteroatoms. The average molecular weight is 349 g/mol. The lowest BCUT2D eigenvalue weighted by molar-refractivity contribution is -0.118. The Hall–Kier alpha value is -2.22. The largest absolute Gasteiger partial charge is 0.493 e. The third-order valence-electron chi connectivity index (χ3n) is 3.67. The molecule has 1 aliphatic carbocycles. The summed E-state index contributed by atoms with van der Waals surface area (Å²) >= 11 is 1.42. The van der Waals surface area contributed by atoms with Gasteiger partial charge in [0.05, 0.1) is 36.6 Å². The zero-order valence-corrected chi connectivity index (χ0v) is 14.4. The highest BCUT2D eigenvalue weighted by atomic mass is 32.2. The Morgan fingerprint density at radius 1 is 1.33 bits per heavy atom. The van der Waals surface area contributed by atoms with Crippen LogP contribution in [0.15, 0.2) is 16.9 Å². The summed E-state index contributed by atoms with van der Waals surface area (Å²) in [5, 5.41) is 3.36. The molecule has 7 nitrogen and oxygen atoms in total. The van der Waals surface area contributed by atoms with Gasteiger partial charge in [-0.3, -0.25) is 9.59 Å². The third kappa shape index (κ3) is 3.81. The minimum absolute atomic E-state index is 0.0250. The van der Waals surface area contributed by atoms with Gasteiger partial charge in [-0.05, 0) is 18.9 Å². The van der Waals surface area contributed by atoms with Crippen molar-refractivity contribution in [1.82, 2.24) is 15.3 Å². The van der Waals surface area contributed by atoms with Gasteiger partial charge in [0, 0.05) is 12.1 Å². The minimum Gasteiger partial charge on any atom is -0.493 e. The van der Waals surface area contributed by atoms with Crippen LogP contribution in [0.5, 0.6) is 11.5 Å². The van der Waals surface area contributed by atoms with E-state index in [1.54, 1.807) is 12.1 Å². The molecule has 1 fully saturated rings. The first-order valence-electron chi connectivity index (χ1n) is 7.62. The lowest BCUT2D eigenvalue weighted by Crippen LogP contribution is -2.27. The molecule has 0 atom stereocenters. The Bertz CT molecular complexity index is 817. The quantitative estimate of drug-likeness (QED) is 0.786. The van der Waals surface area contributed by atoms with E-state index >= 15 is 0 Å². The second-order valence-corrected chi connectivity index (χ2v) is 6.56. The fourth-order valence-electron chi connectivity index (χ4n) is 2.32. The standard InChI is InChI=1S/C16H19N3O4S/c1-22-12-5-10-11(6-13(12)23-2)18-14(19-16(10)21)7-24-8-15(20)17-9-3-4-9/h5-6,9H,3-4,7-8H2,1-2H3,(H,17,20)(H,18,19,21). The molecule has 1 aliphatic rings. The summed E-state index contributed by atoms with van der Waals surface area (Å²) in [6.07, 6.45) is 2.14. The normalized spacial score (nSPS) is 13.8. The second kappa shape index (κ2) is 7.12. The highest BCUT2D eigenvalue weighted by Crippen LogP contribution is 2.30. The molecule has 0 radical (unpaired) electrons. The lowest BCUT2D eigenvalue weighted by Gasteiger charge is -2.09. The SMILES string of the molecule is COc1cc2nc(CSCC(=O)NC3CC3)[nH]c(=O)c2cc1OC. The number of H-pyrrole nitrogens is 1. The van der Waals surface area contributed by atoms with Crippen molar-refractivity contribution >= 4 is 28.6 Å². The van der Waals surface area contributed by atoms with Gasteiger partial charge in [-0.15, -0.1) is 11.8 Å². The number of ether oxygens (including phenoxy) is 2. The van der Waals surface area contributed by atoms with Crippen LogP contribution in [-0.2, 0) is 10.5 Å². The van der Waals surface area contributed by atoms with Crippen LogP contribution in [0.2, 0.25) is 0 Å². The highest BCUT2D eigenvalue weighted by Gasteiger charge is 2.22. The maximum absolute atomic E-state index is 12.2. The molecule has 0 bridgehead atoms. The van der Waals surface area contributed by atoms with Crippen LogP contribution in [0, 0.1) is 0 Å². The van der Waals surface area contributed by atoms with Crippen molar-refractivity contribution in [3.63, 3.8) is 0 Å². The molecular formula is C16H19N3O4S. The number of aromatic nitrogens is 2. The topological polar surface area (TPSA) is 93.3 Å². The van der Waals surface area contributed by atoms with Gasteiger partial charge in [0.1, 0.15) is 5.82 Å². The number of hydrogen-bond acceptors (Lipinski definition) is 6. The van der Waals surface area contributed by atoms with Crippen molar-refractivity contribution < 1.29 is 14.3 Å². The first kappa shape index (κ1) is 16.6. The third-order valence-corrected chi connectivity index (χ3v) is 4.62. The molecule has 24 heavy (non-hydrogen) atoms. The molecule has 0 unspecified atom stereocenters. The van der Waals surface area contributed by atoms with Gasteiger partial charge >= 0.3 is 0 Å². The molecule has 1 aromatic carbocycles. The summed E-state index contributed by atoms with van der Waals surface area (Å²) in [7, 11) is 3.05. The second-order valence-electron chi connectivity index (χ2n) is 5.57. The average Bonchev–Trinajstić information content (AvgIpc) is 3.37. The summed E-state index contributed by atoms with van der Waals surface area (Å²) in [5.74, 6) is 2.37. The van der Waals surface area contributed by atoms with Crippen molar-refractivity contribution in [2.24, 2.45) is 0 Å². The number of nitrogens with one attached hydrogen (secondary N) is 2. The molecule has 0 saturated heterocycles. The van der Waals surface area contributed by atoms with E-state index in [9.17, 15) is 9.59 Å². The molecule has 3 rings (SSSR count). The van der Waals surface area contributed by atoms with Crippen LogP contribution >= 0.6 is 11.8 Å². The number of carbonyl (C=O) groups excluding carboxylic acids is 1. The van der Waals surface area contributed by atoms with Crippen molar-refractivity contribution in [1.29, 1.82) is 0 Å². The van der Waals surface area contributed by atoms with Crippen LogP contribution in [0.1, 0.15) is 18.7 Å². The summed E-state index contributed by atoms with van der Waals surface area (Å²) < 4.78 is 10.4. The van der Waals surface area contributed by atoms with Crippen molar-refractivity contribution in [3.8, 4) is 11.5 Å². The van der Waals surface area contributed by atoms with Crippen LogP contribution in [0.25, 0.3) is 10.9 Å². The fourth-order valence-corrected chi connectivity index (χ4v) is 3.02. The van der Waals surface area contributed by atoms with Crippen molar-refractivity contribution in [2.45, 2.75) is 24.6 Å². The Morgan fingerprint density at radius 3 is 2.71 bits per heavy atom. The Morgan fingerprint density at radius 2 is 2.04 bits per heavy atom. The van der Waals surface area contributed by atoms with Crippen LogP contribution in [-0.4, -0.2) is 41.9 Å². The summed E-state index contributed by atoms with van der Waals surface area (Å²) in [4.78, 5) is 31.1. The zero-order chi connectivity index (χ0) is 17.1. The van der Waals surface area contributed by atoms with Crippen LogP contribution < -0.4 is 20.3 Å². The summed E-state index contributed by atoms with van der Waals surface area (Å²) in [6.45, 7) is 0. The van der Waals surface area contributed by atoms with Crippen molar-refractivity contribution in [3.05, 3.63) is 28.3 Å². The molecule has 1 heterocycles. The fraction of sp³-hybridized carbons (Fsp3) is 0.438. The predicted molar refractivity (Wildman–Crippen MR) is 92.8 cm³/mol. The number of amides is 1. The predicted octanol–water partition coefficient (Wildman–Crippen LogP) is 1.45. The smallest absolute Gasteiger partial charge is 0.258 e. The van der Waals surface area contributed by atoms with E-state index in [0.29, 0.717) is 45.8 Å².